The first-order chi connectivity index (χ1) is 13.6. The van der Waals surface area contributed by atoms with E-state index >= 15 is 0 Å². The Morgan fingerprint density at radius 2 is 1.96 bits per heavy atom. The van der Waals surface area contributed by atoms with E-state index in [2.05, 4.69) is 69.9 Å². The second kappa shape index (κ2) is 6.74. The van der Waals surface area contributed by atoms with Crippen molar-refractivity contribution in [1.29, 1.82) is 0 Å². The van der Waals surface area contributed by atoms with Crippen LogP contribution in [0, 0.1) is 18.8 Å². The number of amides is 1. The van der Waals surface area contributed by atoms with Gasteiger partial charge in [-0.2, -0.15) is 0 Å². The van der Waals surface area contributed by atoms with Crippen molar-refractivity contribution >= 4 is 11.6 Å². The summed E-state index contributed by atoms with van der Waals surface area (Å²) < 4.78 is 2.10. The van der Waals surface area contributed by atoms with Gasteiger partial charge >= 0.3 is 0 Å². The third-order valence-corrected chi connectivity index (χ3v) is 6.34. The Morgan fingerprint density at radius 1 is 1.14 bits per heavy atom. The van der Waals surface area contributed by atoms with Gasteiger partial charge in [0.1, 0.15) is 5.65 Å². The summed E-state index contributed by atoms with van der Waals surface area (Å²) in [6.07, 6.45) is 4.22. The molecule has 2 saturated heterocycles. The summed E-state index contributed by atoms with van der Waals surface area (Å²) in [7, 11) is 0. The summed E-state index contributed by atoms with van der Waals surface area (Å²) >= 11 is 0. The number of carbonyl (C=O) groups excluding carboxylic acids is 1. The van der Waals surface area contributed by atoms with Crippen molar-refractivity contribution < 1.29 is 4.79 Å². The van der Waals surface area contributed by atoms with Crippen LogP contribution in [0.4, 0.5) is 0 Å². The van der Waals surface area contributed by atoms with E-state index in [0.29, 0.717) is 11.8 Å². The minimum absolute atomic E-state index is 0.186. The van der Waals surface area contributed by atoms with E-state index < -0.39 is 0 Å². The molecule has 2 fully saturated rings. The molecule has 3 aromatic rings. The summed E-state index contributed by atoms with van der Waals surface area (Å²) in [5, 5.41) is 0. The molecule has 2 aromatic heterocycles. The Morgan fingerprint density at radius 3 is 2.75 bits per heavy atom. The fraction of sp³-hybridized carbons (Fsp3) is 0.391. The van der Waals surface area contributed by atoms with Gasteiger partial charge in [0.05, 0.1) is 11.7 Å². The molecule has 5 nitrogen and oxygen atoms in total. The van der Waals surface area contributed by atoms with E-state index in [1.54, 1.807) is 6.92 Å². The summed E-state index contributed by atoms with van der Waals surface area (Å²) in [6.45, 7) is 7.58. The molecule has 28 heavy (non-hydrogen) atoms. The third-order valence-electron chi connectivity index (χ3n) is 6.34. The van der Waals surface area contributed by atoms with E-state index in [0.717, 1.165) is 37.5 Å². The predicted octanol–water partition coefficient (Wildman–Crippen LogP) is 3.29. The van der Waals surface area contributed by atoms with Gasteiger partial charge in [0.2, 0.25) is 5.91 Å². The summed E-state index contributed by atoms with van der Waals surface area (Å²) in [4.78, 5) is 21.7. The highest BCUT2D eigenvalue weighted by molar-refractivity contribution is 5.74. The lowest BCUT2D eigenvalue weighted by molar-refractivity contribution is -0.130. The number of fused-ring (bicyclic) bond motifs is 2. The molecule has 2 aliphatic rings. The number of pyridine rings is 1. The van der Waals surface area contributed by atoms with Crippen molar-refractivity contribution in [2.45, 2.75) is 26.4 Å². The standard InChI is InChI=1S/C23H26N4O/c1-16-8-9-26-14-20(24-22(26)10-16)13-25-11-19-12-27(17(2)28)23(21(19)15-25)18-6-4-3-5-7-18/h3-10,14,19,21,23H,11-13,15H2,1-2H3/t19-,21-,23+/m1/s1. The second-order valence-corrected chi connectivity index (χ2v) is 8.35. The molecule has 0 unspecified atom stereocenters. The third kappa shape index (κ3) is 3.00. The van der Waals surface area contributed by atoms with Gasteiger partial charge in [-0.1, -0.05) is 30.3 Å². The highest BCUT2D eigenvalue weighted by Gasteiger charge is 2.48. The first-order valence-corrected chi connectivity index (χ1v) is 10.1. The molecule has 0 radical (unpaired) electrons. The highest BCUT2D eigenvalue weighted by Crippen LogP contribution is 2.45. The molecule has 4 heterocycles. The number of aryl methyl sites for hydroxylation is 1. The maximum absolute atomic E-state index is 12.3. The average Bonchev–Trinajstić information content (AvgIpc) is 3.34. The zero-order chi connectivity index (χ0) is 19.3. The first-order valence-electron chi connectivity index (χ1n) is 10.1. The molecule has 0 saturated carbocycles. The van der Waals surface area contributed by atoms with Crippen LogP contribution in [-0.4, -0.2) is 44.7 Å². The predicted molar refractivity (Wildman–Crippen MR) is 109 cm³/mol. The topological polar surface area (TPSA) is 40.9 Å². The molecule has 0 aliphatic carbocycles. The van der Waals surface area contributed by atoms with Gasteiger partial charge in [0, 0.05) is 51.4 Å². The van der Waals surface area contributed by atoms with E-state index in [1.807, 2.05) is 6.07 Å². The largest absolute Gasteiger partial charge is 0.335 e. The minimum Gasteiger partial charge on any atom is -0.335 e. The summed E-state index contributed by atoms with van der Waals surface area (Å²) in [6, 6.07) is 14.9. The molecule has 2 aliphatic heterocycles. The van der Waals surface area contributed by atoms with Gasteiger partial charge in [-0.25, -0.2) is 4.98 Å². The number of aromatic nitrogens is 2. The van der Waals surface area contributed by atoms with Crippen molar-refractivity contribution in [2.24, 2.45) is 11.8 Å². The van der Waals surface area contributed by atoms with Crippen LogP contribution in [-0.2, 0) is 11.3 Å². The van der Waals surface area contributed by atoms with Crippen LogP contribution in [0.3, 0.4) is 0 Å². The van der Waals surface area contributed by atoms with Crippen molar-refractivity contribution in [3.8, 4) is 0 Å². The molecule has 0 N–H and O–H groups in total. The van der Waals surface area contributed by atoms with Crippen LogP contribution in [0.1, 0.15) is 29.8 Å². The normalized spacial score (nSPS) is 24.8. The van der Waals surface area contributed by atoms with Crippen LogP contribution in [0.25, 0.3) is 5.65 Å². The number of imidazole rings is 1. The van der Waals surface area contributed by atoms with Gasteiger partial charge in [-0.15, -0.1) is 0 Å². The highest BCUT2D eigenvalue weighted by atomic mass is 16.2. The average molecular weight is 374 g/mol. The van der Waals surface area contributed by atoms with Crippen LogP contribution in [0.5, 0.6) is 0 Å². The van der Waals surface area contributed by atoms with E-state index in [9.17, 15) is 4.79 Å². The van der Waals surface area contributed by atoms with Gasteiger partial charge in [0.25, 0.3) is 0 Å². The molecule has 1 aromatic carbocycles. The zero-order valence-corrected chi connectivity index (χ0v) is 16.5. The Hall–Kier alpha value is -2.66. The number of nitrogens with zero attached hydrogens (tertiary/aromatic N) is 4. The first kappa shape index (κ1) is 17.4. The fourth-order valence-electron chi connectivity index (χ4n) is 5.11. The number of hydrogen-bond donors (Lipinski definition) is 0. The van der Waals surface area contributed by atoms with Gasteiger partial charge in [0.15, 0.2) is 0 Å². The van der Waals surface area contributed by atoms with Gasteiger partial charge < -0.3 is 9.30 Å². The van der Waals surface area contributed by atoms with Crippen LogP contribution >= 0.6 is 0 Å². The van der Waals surface area contributed by atoms with E-state index in [4.69, 9.17) is 4.98 Å². The quantitative estimate of drug-likeness (QED) is 0.706. The molecule has 5 heteroatoms. The Balaban J connectivity index is 1.36. The van der Waals surface area contributed by atoms with Crippen LogP contribution in [0.2, 0.25) is 0 Å². The molecular formula is C23H26N4O. The summed E-state index contributed by atoms with van der Waals surface area (Å²) in [5.41, 5.74) is 4.62. The van der Waals surface area contributed by atoms with Crippen molar-refractivity contribution in [1.82, 2.24) is 19.2 Å². The fourth-order valence-corrected chi connectivity index (χ4v) is 5.11. The van der Waals surface area contributed by atoms with Gasteiger partial charge in [-0.3, -0.25) is 9.69 Å². The Bertz CT molecular complexity index is 1010. The molecule has 0 bridgehead atoms. The minimum atomic E-state index is 0.186. The van der Waals surface area contributed by atoms with E-state index in [1.165, 1.54) is 11.1 Å². The van der Waals surface area contributed by atoms with E-state index in [-0.39, 0.29) is 11.9 Å². The van der Waals surface area contributed by atoms with Crippen molar-refractivity contribution in [2.75, 3.05) is 19.6 Å². The van der Waals surface area contributed by atoms with Gasteiger partial charge in [-0.05, 0) is 36.1 Å². The number of likely N-dealkylation sites (tertiary alicyclic amines) is 2. The zero-order valence-electron chi connectivity index (χ0n) is 16.5. The van der Waals surface area contributed by atoms with Crippen molar-refractivity contribution in [3.05, 3.63) is 71.7 Å². The number of benzene rings is 1. The number of rotatable bonds is 3. The SMILES string of the molecule is CC(=O)N1C[C@H]2CN(Cc3cn4ccc(C)cc4n3)C[C@H]2[C@@H]1c1ccccc1. The lowest BCUT2D eigenvalue weighted by atomic mass is 9.89. The lowest BCUT2D eigenvalue weighted by Gasteiger charge is -2.29. The molecular weight excluding hydrogens is 348 g/mol. The number of hydrogen-bond acceptors (Lipinski definition) is 3. The Labute approximate surface area is 165 Å². The van der Waals surface area contributed by atoms with Crippen molar-refractivity contribution in [3.63, 3.8) is 0 Å². The molecule has 5 rings (SSSR count). The summed E-state index contributed by atoms with van der Waals surface area (Å²) in [5.74, 6) is 1.21. The smallest absolute Gasteiger partial charge is 0.219 e. The molecule has 144 valence electrons. The van der Waals surface area contributed by atoms with Crippen LogP contribution in [0.15, 0.2) is 54.9 Å². The Kier molecular flexibility index (Phi) is 4.20. The maximum atomic E-state index is 12.3. The second-order valence-electron chi connectivity index (χ2n) is 8.35. The lowest BCUT2D eigenvalue weighted by Crippen LogP contribution is -2.34. The molecule has 1 amide bonds. The number of carbonyl (C=O) groups is 1. The monoisotopic (exact) mass is 374 g/mol. The molecule has 3 atom stereocenters. The van der Waals surface area contributed by atoms with Crippen LogP contribution < -0.4 is 0 Å². The molecule has 0 spiro atoms. The maximum Gasteiger partial charge on any atom is 0.219 e.